The zero-order valence-electron chi connectivity index (χ0n) is 19.7. The van der Waals surface area contributed by atoms with Crippen LogP contribution in [0.1, 0.15) is 63.7 Å². The highest BCUT2D eigenvalue weighted by Crippen LogP contribution is 2.35. The number of phenols is 3. The maximum atomic E-state index is 12.3. The number of carboxylic acids is 1. The number of amides is 1. The molecule has 1 aromatic rings. The molecule has 1 amide bonds. The lowest BCUT2D eigenvalue weighted by molar-refractivity contribution is -0.138. The van der Waals surface area contributed by atoms with Crippen molar-refractivity contribution in [1.29, 1.82) is 0 Å². The Hall–Kier alpha value is -2.87. The van der Waals surface area contributed by atoms with Gasteiger partial charge in [-0.15, -0.1) is 0 Å². The lowest BCUT2D eigenvalue weighted by Gasteiger charge is -2.14. The number of benzene rings is 1. The number of nitrogens with one attached hydrogen (secondary N) is 1. The van der Waals surface area contributed by atoms with E-state index in [1.54, 1.807) is 0 Å². The van der Waals surface area contributed by atoms with Gasteiger partial charge in [-0.25, -0.2) is 4.79 Å². The summed E-state index contributed by atoms with van der Waals surface area (Å²) in [5.74, 6) is -3.25. The number of aromatic hydroxyl groups is 3. The monoisotopic (exact) mass is 477 g/mol. The number of carboxylic acid groups (broad SMARTS) is 1. The number of rotatable bonds is 13. The summed E-state index contributed by atoms with van der Waals surface area (Å²) in [4.78, 5) is 23.8. The van der Waals surface area contributed by atoms with Gasteiger partial charge in [0.2, 0.25) is 0 Å². The molecule has 1 atom stereocenters. The van der Waals surface area contributed by atoms with Crippen LogP contribution in [0.25, 0.3) is 0 Å². The van der Waals surface area contributed by atoms with Gasteiger partial charge in [0.25, 0.3) is 5.91 Å². The van der Waals surface area contributed by atoms with Gasteiger partial charge in [0, 0.05) is 17.1 Å². The van der Waals surface area contributed by atoms with Crippen molar-refractivity contribution in [3.63, 3.8) is 0 Å². The topological polar surface area (TPSA) is 127 Å². The standard InChI is InChI=1S/C25H35NO6S/c1-16(2)7-5-8-17(3)9-6-10-18(4)11-12-33-15-20(25(31)32)26-24(30)19-13-21(27)23(29)22(28)14-19/h7,9,11,13-14,20,27-29H,5-6,8,10,12,15H2,1-4H3,(H,26,30)(H,31,32)/b17-9+,18-11+. The van der Waals surface area contributed by atoms with Gasteiger partial charge in [-0.05, 0) is 65.5 Å². The molecule has 0 fully saturated rings. The fraction of sp³-hybridized carbons (Fsp3) is 0.440. The molecule has 0 bridgehead atoms. The van der Waals surface area contributed by atoms with Crippen LogP contribution in [0.3, 0.4) is 0 Å². The van der Waals surface area contributed by atoms with E-state index in [2.05, 4.69) is 44.3 Å². The first-order valence-corrected chi connectivity index (χ1v) is 12.0. The van der Waals surface area contributed by atoms with E-state index in [9.17, 15) is 30.0 Å². The molecule has 182 valence electrons. The van der Waals surface area contributed by atoms with Crippen LogP contribution in [0, 0.1) is 0 Å². The zero-order chi connectivity index (χ0) is 25.0. The van der Waals surface area contributed by atoms with Gasteiger partial charge in [0.15, 0.2) is 17.2 Å². The molecule has 0 saturated carbocycles. The lowest BCUT2D eigenvalue weighted by atomic mass is 10.1. The summed E-state index contributed by atoms with van der Waals surface area (Å²) in [5, 5.41) is 40.2. The van der Waals surface area contributed by atoms with Crippen LogP contribution in [-0.2, 0) is 4.79 Å². The minimum atomic E-state index is -1.18. The molecule has 7 nitrogen and oxygen atoms in total. The van der Waals surface area contributed by atoms with Gasteiger partial charge in [0.05, 0.1) is 0 Å². The predicted molar refractivity (Wildman–Crippen MR) is 133 cm³/mol. The van der Waals surface area contributed by atoms with Crippen LogP contribution < -0.4 is 5.32 Å². The third-order valence-electron chi connectivity index (χ3n) is 4.89. The quantitative estimate of drug-likeness (QED) is 0.151. The fourth-order valence-corrected chi connectivity index (χ4v) is 3.88. The third kappa shape index (κ3) is 11.0. The number of hydrogen-bond acceptors (Lipinski definition) is 6. The van der Waals surface area contributed by atoms with Crippen molar-refractivity contribution in [2.24, 2.45) is 0 Å². The molecule has 0 spiro atoms. The van der Waals surface area contributed by atoms with Crippen molar-refractivity contribution in [2.45, 2.75) is 59.4 Å². The van der Waals surface area contributed by atoms with Gasteiger partial charge in [-0.1, -0.05) is 34.9 Å². The second-order valence-electron chi connectivity index (χ2n) is 8.22. The normalized spacial score (nSPS) is 12.8. The Morgan fingerprint density at radius 1 is 0.939 bits per heavy atom. The predicted octanol–water partition coefficient (Wildman–Crippen LogP) is 5.14. The van der Waals surface area contributed by atoms with Gasteiger partial charge >= 0.3 is 5.97 Å². The molecular formula is C25H35NO6S. The van der Waals surface area contributed by atoms with E-state index in [1.165, 1.54) is 28.5 Å². The molecule has 1 unspecified atom stereocenters. The number of carbonyl (C=O) groups excluding carboxylic acids is 1. The summed E-state index contributed by atoms with van der Waals surface area (Å²) < 4.78 is 0. The van der Waals surface area contributed by atoms with Crippen LogP contribution in [0.4, 0.5) is 0 Å². The molecule has 5 N–H and O–H groups in total. The second-order valence-corrected chi connectivity index (χ2v) is 9.30. The van der Waals surface area contributed by atoms with Crippen LogP contribution in [0.5, 0.6) is 17.2 Å². The van der Waals surface area contributed by atoms with E-state index in [4.69, 9.17) is 0 Å². The molecule has 8 heteroatoms. The molecule has 33 heavy (non-hydrogen) atoms. The van der Waals surface area contributed by atoms with Gasteiger partial charge < -0.3 is 25.7 Å². The van der Waals surface area contributed by atoms with Gasteiger partial charge in [0.1, 0.15) is 6.04 Å². The Morgan fingerprint density at radius 2 is 1.48 bits per heavy atom. The van der Waals surface area contributed by atoms with Crippen LogP contribution in [-0.4, -0.2) is 49.9 Å². The fourth-order valence-electron chi connectivity index (χ4n) is 2.88. The van der Waals surface area contributed by atoms with Crippen LogP contribution in [0.15, 0.2) is 47.1 Å². The van der Waals surface area contributed by atoms with E-state index in [0.29, 0.717) is 5.75 Å². The molecule has 0 saturated heterocycles. The third-order valence-corrected chi connectivity index (χ3v) is 5.86. The van der Waals surface area contributed by atoms with Gasteiger partial charge in [-0.3, -0.25) is 4.79 Å². The Bertz CT molecular complexity index is 892. The summed E-state index contributed by atoms with van der Waals surface area (Å²) in [5.41, 5.74) is 3.79. The minimum absolute atomic E-state index is 0.154. The highest BCUT2D eigenvalue weighted by Gasteiger charge is 2.22. The van der Waals surface area contributed by atoms with Crippen LogP contribution in [0.2, 0.25) is 0 Å². The molecule has 0 aliphatic rings. The first kappa shape index (κ1) is 28.2. The number of phenolic OH excluding ortho intramolecular Hbond substituents is 3. The Kier molecular flexibility index (Phi) is 12.2. The van der Waals surface area contributed by atoms with E-state index >= 15 is 0 Å². The Balaban J connectivity index is 2.48. The van der Waals surface area contributed by atoms with Crippen molar-refractivity contribution in [1.82, 2.24) is 5.32 Å². The average Bonchev–Trinajstić information content (AvgIpc) is 2.73. The molecule has 0 radical (unpaired) electrons. The highest BCUT2D eigenvalue weighted by molar-refractivity contribution is 7.99. The molecule has 0 aliphatic heterocycles. The van der Waals surface area contributed by atoms with Crippen LogP contribution >= 0.6 is 11.8 Å². The summed E-state index contributed by atoms with van der Waals surface area (Å²) >= 11 is 1.38. The van der Waals surface area contributed by atoms with E-state index in [0.717, 1.165) is 37.8 Å². The van der Waals surface area contributed by atoms with Crippen molar-refractivity contribution in [2.75, 3.05) is 11.5 Å². The Labute approximate surface area is 199 Å². The molecule has 1 rings (SSSR count). The molecule has 0 aromatic heterocycles. The summed E-state index contributed by atoms with van der Waals surface area (Å²) in [6.07, 6.45) is 10.6. The van der Waals surface area contributed by atoms with Crippen molar-refractivity contribution < 1.29 is 30.0 Å². The SMILES string of the molecule is CC(C)=CCC/C(C)=C/CC/C(C)=C/CSCC(NC(=O)c1cc(O)c(O)c(O)c1)C(=O)O. The lowest BCUT2D eigenvalue weighted by Crippen LogP contribution is -2.42. The van der Waals surface area contributed by atoms with Crippen molar-refractivity contribution in [3.8, 4) is 17.2 Å². The smallest absolute Gasteiger partial charge is 0.327 e. The number of carbonyl (C=O) groups is 2. The number of allylic oxidation sites excluding steroid dienone is 5. The largest absolute Gasteiger partial charge is 0.504 e. The van der Waals surface area contributed by atoms with E-state index in [1.807, 2.05) is 6.92 Å². The highest BCUT2D eigenvalue weighted by atomic mass is 32.2. The number of hydrogen-bond donors (Lipinski definition) is 5. The second kappa shape index (κ2) is 14.3. The van der Waals surface area contributed by atoms with E-state index in [-0.39, 0.29) is 11.3 Å². The Morgan fingerprint density at radius 3 is 2.03 bits per heavy atom. The summed E-state index contributed by atoms with van der Waals surface area (Å²) in [6, 6.07) is 0.779. The summed E-state index contributed by atoms with van der Waals surface area (Å²) in [7, 11) is 0. The maximum Gasteiger partial charge on any atom is 0.327 e. The summed E-state index contributed by atoms with van der Waals surface area (Å²) in [6.45, 7) is 8.40. The number of aliphatic carboxylic acids is 1. The first-order chi connectivity index (χ1) is 15.5. The maximum absolute atomic E-state index is 12.3. The number of thioether (sulfide) groups is 1. The molecule has 0 aliphatic carbocycles. The van der Waals surface area contributed by atoms with Crippen molar-refractivity contribution >= 4 is 23.6 Å². The van der Waals surface area contributed by atoms with Gasteiger partial charge in [-0.2, -0.15) is 11.8 Å². The van der Waals surface area contributed by atoms with Crippen molar-refractivity contribution in [3.05, 3.63) is 52.6 Å². The molecule has 1 aromatic carbocycles. The molecular weight excluding hydrogens is 442 g/mol. The minimum Gasteiger partial charge on any atom is -0.504 e. The van der Waals surface area contributed by atoms with E-state index < -0.39 is 35.2 Å². The molecule has 0 heterocycles. The average molecular weight is 478 g/mol. The first-order valence-electron chi connectivity index (χ1n) is 10.8. The zero-order valence-corrected chi connectivity index (χ0v) is 20.5.